The van der Waals surface area contributed by atoms with Gasteiger partial charge in [-0.2, -0.15) is 0 Å². The van der Waals surface area contributed by atoms with E-state index in [9.17, 15) is 0 Å². The van der Waals surface area contributed by atoms with Crippen molar-refractivity contribution < 1.29 is 0 Å². The average Bonchev–Trinajstić information content (AvgIpc) is 3.27. The van der Waals surface area contributed by atoms with Crippen molar-refractivity contribution in [2.24, 2.45) is 10.9 Å². The first-order valence-corrected chi connectivity index (χ1v) is 9.90. The number of aliphatic imine (C=N–C) groups is 1. The van der Waals surface area contributed by atoms with Gasteiger partial charge in [0.1, 0.15) is 5.82 Å². The lowest BCUT2D eigenvalue weighted by molar-refractivity contribution is 0.503. The van der Waals surface area contributed by atoms with Gasteiger partial charge in [0.05, 0.1) is 6.54 Å². The molecule has 28 heavy (non-hydrogen) atoms. The Morgan fingerprint density at radius 2 is 2.21 bits per heavy atom. The van der Waals surface area contributed by atoms with Crippen molar-refractivity contribution in [3.63, 3.8) is 0 Å². The van der Waals surface area contributed by atoms with Crippen LogP contribution in [0.15, 0.2) is 41.7 Å². The van der Waals surface area contributed by atoms with E-state index in [1.54, 1.807) is 7.05 Å². The summed E-state index contributed by atoms with van der Waals surface area (Å²) in [5.41, 5.74) is 1.17. The predicted molar refractivity (Wildman–Crippen MR) is 128 cm³/mol. The monoisotopic (exact) mass is 516 g/mol. The van der Waals surface area contributed by atoms with Gasteiger partial charge in [0.2, 0.25) is 0 Å². The molecule has 1 unspecified atom stereocenters. The molecule has 154 valence electrons. The number of aromatic nitrogens is 2. The molecule has 1 atom stereocenters. The van der Waals surface area contributed by atoms with Gasteiger partial charge in [-0.1, -0.05) is 31.5 Å². The van der Waals surface area contributed by atoms with Crippen LogP contribution in [0.3, 0.4) is 0 Å². The molecule has 1 aliphatic heterocycles. The van der Waals surface area contributed by atoms with E-state index in [4.69, 9.17) is 11.6 Å². The lowest BCUT2D eigenvalue weighted by Gasteiger charge is -2.20. The number of guanidine groups is 1. The lowest BCUT2D eigenvalue weighted by Crippen LogP contribution is -2.44. The SMILES string of the molecule is CN=C(NCc1nccn1CC(C)C)NC1CCN(c2cccc(Cl)c2)C1.I. The number of hydrogen-bond acceptors (Lipinski definition) is 3. The fourth-order valence-corrected chi connectivity index (χ4v) is 3.59. The van der Waals surface area contributed by atoms with Crippen LogP contribution in [0.4, 0.5) is 5.69 Å². The molecule has 2 N–H and O–H groups in total. The van der Waals surface area contributed by atoms with E-state index in [2.05, 4.69) is 50.0 Å². The third-order valence-corrected chi connectivity index (χ3v) is 4.94. The number of anilines is 1. The van der Waals surface area contributed by atoms with Gasteiger partial charge in [-0.15, -0.1) is 24.0 Å². The largest absolute Gasteiger partial charge is 0.369 e. The smallest absolute Gasteiger partial charge is 0.191 e. The zero-order chi connectivity index (χ0) is 19.2. The zero-order valence-electron chi connectivity index (χ0n) is 16.7. The third kappa shape index (κ3) is 6.27. The van der Waals surface area contributed by atoms with Gasteiger partial charge in [0.25, 0.3) is 0 Å². The molecule has 0 amide bonds. The Balaban J connectivity index is 0.00000280. The first-order valence-electron chi connectivity index (χ1n) is 9.53. The van der Waals surface area contributed by atoms with Gasteiger partial charge in [0.15, 0.2) is 5.96 Å². The molecule has 1 fully saturated rings. The third-order valence-electron chi connectivity index (χ3n) is 4.70. The highest BCUT2D eigenvalue weighted by Crippen LogP contribution is 2.23. The van der Waals surface area contributed by atoms with Gasteiger partial charge in [-0.3, -0.25) is 4.99 Å². The maximum atomic E-state index is 6.12. The molecule has 0 bridgehead atoms. The Morgan fingerprint density at radius 1 is 1.39 bits per heavy atom. The van der Waals surface area contributed by atoms with Crippen molar-refractivity contribution in [1.82, 2.24) is 20.2 Å². The summed E-state index contributed by atoms with van der Waals surface area (Å²) >= 11 is 6.12. The number of imidazole rings is 1. The molecule has 8 heteroatoms. The Morgan fingerprint density at radius 3 is 2.93 bits per heavy atom. The van der Waals surface area contributed by atoms with Crippen LogP contribution in [0.1, 0.15) is 26.1 Å². The molecule has 0 saturated carbocycles. The first kappa shape index (κ1) is 22.8. The molecule has 0 spiro atoms. The van der Waals surface area contributed by atoms with Crippen LogP contribution in [0.2, 0.25) is 5.02 Å². The van der Waals surface area contributed by atoms with Crippen LogP contribution in [-0.4, -0.2) is 41.7 Å². The maximum Gasteiger partial charge on any atom is 0.191 e. The normalized spacial score (nSPS) is 17.0. The zero-order valence-corrected chi connectivity index (χ0v) is 19.8. The molecule has 1 saturated heterocycles. The second kappa shape index (κ2) is 10.9. The molecular formula is C20H30ClIN6. The van der Waals surface area contributed by atoms with Gasteiger partial charge in [0, 0.05) is 55.8 Å². The van der Waals surface area contributed by atoms with Crippen LogP contribution in [0, 0.1) is 5.92 Å². The number of nitrogens with zero attached hydrogens (tertiary/aromatic N) is 4. The highest BCUT2D eigenvalue weighted by atomic mass is 127. The molecule has 1 aromatic carbocycles. The number of hydrogen-bond donors (Lipinski definition) is 2. The lowest BCUT2D eigenvalue weighted by atomic mass is 10.2. The summed E-state index contributed by atoms with van der Waals surface area (Å²) in [6.45, 7) is 7.99. The van der Waals surface area contributed by atoms with Crippen molar-refractivity contribution in [2.75, 3.05) is 25.0 Å². The van der Waals surface area contributed by atoms with Crippen LogP contribution in [-0.2, 0) is 13.1 Å². The van der Waals surface area contributed by atoms with E-state index in [0.717, 1.165) is 42.9 Å². The van der Waals surface area contributed by atoms with Gasteiger partial charge in [-0.05, 0) is 30.5 Å². The minimum absolute atomic E-state index is 0. The number of rotatable bonds is 6. The van der Waals surface area contributed by atoms with Gasteiger partial charge < -0.3 is 20.1 Å². The van der Waals surface area contributed by atoms with Crippen molar-refractivity contribution in [1.29, 1.82) is 0 Å². The standard InChI is InChI=1S/C20H29ClN6.HI/c1-15(2)13-27-10-8-23-19(27)12-24-20(22-3)25-17-7-9-26(14-17)18-6-4-5-16(21)11-18;/h4-6,8,10-11,15,17H,7,9,12-14H2,1-3H3,(H2,22,24,25);1H. The van der Waals surface area contributed by atoms with E-state index in [1.165, 1.54) is 5.69 Å². The molecule has 0 radical (unpaired) electrons. The highest BCUT2D eigenvalue weighted by Gasteiger charge is 2.23. The van der Waals surface area contributed by atoms with Crippen LogP contribution in [0.25, 0.3) is 0 Å². The summed E-state index contributed by atoms with van der Waals surface area (Å²) in [6, 6.07) is 8.39. The molecule has 6 nitrogen and oxygen atoms in total. The quantitative estimate of drug-likeness (QED) is 0.349. The van der Waals surface area contributed by atoms with Crippen molar-refractivity contribution in [2.45, 2.75) is 39.4 Å². The van der Waals surface area contributed by atoms with E-state index in [1.807, 2.05) is 30.6 Å². The summed E-state index contributed by atoms with van der Waals surface area (Å²) in [6.07, 6.45) is 4.96. The highest BCUT2D eigenvalue weighted by molar-refractivity contribution is 14.0. The summed E-state index contributed by atoms with van der Waals surface area (Å²) in [5.74, 6) is 2.43. The first-order chi connectivity index (χ1) is 13.0. The van der Waals surface area contributed by atoms with Gasteiger partial charge in [-0.25, -0.2) is 4.98 Å². The van der Waals surface area contributed by atoms with Crippen molar-refractivity contribution >= 4 is 47.2 Å². The number of benzene rings is 1. The topological polar surface area (TPSA) is 57.5 Å². The molecule has 3 rings (SSSR count). The molecular weight excluding hydrogens is 487 g/mol. The van der Waals surface area contributed by atoms with Gasteiger partial charge >= 0.3 is 0 Å². The van der Waals surface area contributed by atoms with Crippen molar-refractivity contribution in [3.05, 3.63) is 47.5 Å². The minimum Gasteiger partial charge on any atom is -0.369 e. The van der Waals surface area contributed by atoms with E-state index in [-0.39, 0.29) is 24.0 Å². The molecule has 1 aliphatic rings. The van der Waals surface area contributed by atoms with Crippen molar-refractivity contribution in [3.8, 4) is 0 Å². The Labute approximate surface area is 189 Å². The molecule has 0 aliphatic carbocycles. The minimum atomic E-state index is 0. The maximum absolute atomic E-state index is 6.12. The Bertz CT molecular complexity index is 776. The summed E-state index contributed by atoms with van der Waals surface area (Å²) in [4.78, 5) is 11.2. The van der Waals surface area contributed by atoms with E-state index >= 15 is 0 Å². The molecule has 2 aromatic rings. The Kier molecular flexibility index (Phi) is 8.88. The summed E-state index contributed by atoms with van der Waals surface area (Å²) in [7, 11) is 1.81. The summed E-state index contributed by atoms with van der Waals surface area (Å²) in [5, 5.41) is 7.70. The average molecular weight is 517 g/mol. The predicted octanol–water partition coefficient (Wildman–Crippen LogP) is 3.75. The fraction of sp³-hybridized carbons (Fsp3) is 0.500. The van der Waals surface area contributed by atoms with Crippen LogP contribution >= 0.6 is 35.6 Å². The Hall–Kier alpha value is -1.48. The fourth-order valence-electron chi connectivity index (χ4n) is 3.40. The second-order valence-electron chi connectivity index (χ2n) is 7.37. The molecule has 1 aromatic heterocycles. The number of halogens is 2. The second-order valence-corrected chi connectivity index (χ2v) is 7.81. The number of nitrogens with one attached hydrogen (secondary N) is 2. The summed E-state index contributed by atoms with van der Waals surface area (Å²) < 4.78 is 2.20. The molecule has 2 heterocycles. The van der Waals surface area contributed by atoms with Crippen LogP contribution < -0.4 is 15.5 Å². The van der Waals surface area contributed by atoms with E-state index in [0.29, 0.717) is 18.5 Å². The van der Waals surface area contributed by atoms with E-state index < -0.39 is 0 Å². The van der Waals surface area contributed by atoms with Crippen LogP contribution in [0.5, 0.6) is 0 Å².